The molecule has 0 aliphatic heterocycles. The van der Waals surface area contributed by atoms with Gasteiger partial charge in [0.1, 0.15) is 24.0 Å². The van der Waals surface area contributed by atoms with E-state index < -0.39 is 5.91 Å². The first-order valence-electron chi connectivity index (χ1n) is 9.11. The summed E-state index contributed by atoms with van der Waals surface area (Å²) in [5.41, 5.74) is 3.18. The van der Waals surface area contributed by atoms with Gasteiger partial charge >= 0.3 is 0 Å². The highest BCUT2D eigenvalue weighted by molar-refractivity contribution is 6.36. The lowest BCUT2D eigenvalue weighted by atomic mass is 10.1. The number of halogens is 2. The molecule has 0 aliphatic carbocycles. The van der Waals surface area contributed by atoms with E-state index in [2.05, 4.69) is 5.32 Å². The number of carbonyl (C=O) groups is 1. The Hall–Kier alpha value is -3.26. The third-order valence-electron chi connectivity index (χ3n) is 4.24. The minimum atomic E-state index is -0.576. The van der Waals surface area contributed by atoms with Gasteiger partial charge in [0.05, 0.1) is 10.7 Å². The molecular weight excluding hydrogens is 419 g/mol. The highest BCUT2D eigenvalue weighted by Crippen LogP contribution is 2.26. The number of anilines is 1. The van der Waals surface area contributed by atoms with Gasteiger partial charge in [-0.3, -0.25) is 4.79 Å². The van der Waals surface area contributed by atoms with Crippen molar-refractivity contribution in [2.75, 3.05) is 5.32 Å². The van der Waals surface area contributed by atoms with Crippen LogP contribution in [0.2, 0.25) is 10.0 Å². The molecule has 0 saturated carbocycles. The number of benzene rings is 3. The summed E-state index contributed by atoms with van der Waals surface area (Å²) in [4.78, 5) is 12.5. The Morgan fingerprint density at radius 1 is 1.10 bits per heavy atom. The predicted molar refractivity (Wildman–Crippen MR) is 121 cm³/mol. The maximum Gasteiger partial charge on any atom is 0.266 e. The second kappa shape index (κ2) is 9.98. The highest BCUT2D eigenvalue weighted by atomic mass is 35.5. The fraction of sp³-hybridized carbons (Fsp3) is 0.0833. The Bertz CT molecular complexity index is 1130. The summed E-state index contributed by atoms with van der Waals surface area (Å²) in [6, 6.07) is 21.9. The summed E-state index contributed by atoms with van der Waals surface area (Å²) in [6.07, 6.45) is 1.49. The van der Waals surface area contributed by atoms with E-state index in [1.807, 2.05) is 43.3 Å². The van der Waals surface area contributed by atoms with Crippen LogP contribution in [-0.4, -0.2) is 5.91 Å². The summed E-state index contributed by atoms with van der Waals surface area (Å²) in [7, 11) is 0. The van der Waals surface area contributed by atoms with E-state index in [0.29, 0.717) is 33.7 Å². The Labute approximate surface area is 185 Å². The third-order valence-corrected chi connectivity index (χ3v) is 4.80. The van der Waals surface area contributed by atoms with Crippen molar-refractivity contribution < 1.29 is 9.53 Å². The Morgan fingerprint density at radius 3 is 2.60 bits per heavy atom. The Balaban J connectivity index is 1.73. The van der Waals surface area contributed by atoms with Crippen LogP contribution in [0.15, 0.2) is 72.3 Å². The van der Waals surface area contributed by atoms with Gasteiger partial charge in [0, 0.05) is 5.02 Å². The number of nitrogens with zero attached hydrogens (tertiary/aromatic N) is 1. The summed E-state index contributed by atoms with van der Waals surface area (Å²) in [6.45, 7) is 2.45. The first-order valence-corrected chi connectivity index (χ1v) is 9.87. The number of carbonyl (C=O) groups excluding carboxylic acids is 1. The fourth-order valence-electron chi connectivity index (χ4n) is 2.64. The highest BCUT2D eigenvalue weighted by Gasteiger charge is 2.12. The molecule has 0 radical (unpaired) electrons. The van der Waals surface area contributed by atoms with Gasteiger partial charge in [-0.2, -0.15) is 5.26 Å². The molecule has 1 amide bonds. The second-order valence-corrected chi connectivity index (χ2v) is 7.44. The molecule has 4 nitrogen and oxygen atoms in total. The molecule has 0 saturated heterocycles. The van der Waals surface area contributed by atoms with Gasteiger partial charge < -0.3 is 10.1 Å². The van der Waals surface area contributed by atoms with Gasteiger partial charge in [0.25, 0.3) is 5.91 Å². The molecule has 0 unspecified atom stereocenters. The molecule has 0 aromatic heterocycles. The lowest BCUT2D eigenvalue weighted by Crippen LogP contribution is -2.13. The largest absolute Gasteiger partial charge is 0.489 e. The van der Waals surface area contributed by atoms with Gasteiger partial charge in [-0.15, -0.1) is 0 Å². The van der Waals surface area contributed by atoms with E-state index in [1.165, 1.54) is 17.7 Å². The summed E-state index contributed by atoms with van der Waals surface area (Å²) >= 11 is 12.0. The third kappa shape index (κ3) is 5.87. The average molecular weight is 437 g/mol. The van der Waals surface area contributed by atoms with E-state index in [4.69, 9.17) is 27.9 Å². The zero-order valence-corrected chi connectivity index (χ0v) is 17.7. The topological polar surface area (TPSA) is 62.1 Å². The molecule has 3 aromatic carbocycles. The molecular formula is C24H18Cl2N2O2. The number of hydrogen-bond donors (Lipinski definition) is 1. The predicted octanol–water partition coefficient (Wildman–Crippen LogP) is 6.43. The zero-order chi connectivity index (χ0) is 21.5. The van der Waals surface area contributed by atoms with Crippen molar-refractivity contribution in [3.8, 4) is 11.8 Å². The van der Waals surface area contributed by atoms with E-state index in [9.17, 15) is 10.1 Å². The van der Waals surface area contributed by atoms with E-state index in [0.717, 1.165) is 5.56 Å². The molecule has 3 rings (SSSR count). The zero-order valence-electron chi connectivity index (χ0n) is 16.2. The number of amides is 1. The van der Waals surface area contributed by atoms with Crippen molar-refractivity contribution in [1.82, 2.24) is 0 Å². The smallest absolute Gasteiger partial charge is 0.266 e. The van der Waals surface area contributed by atoms with Gasteiger partial charge in [-0.05, 0) is 54.5 Å². The first-order chi connectivity index (χ1) is 14.4. The van der Waals surface area contributed by atoms with Gasteiger partial charge in [0.2, 0.25) is 0 Å². The number of ether oxygens (including phenoxy) is 1. The quantitative estimate of drug-likeness (QED) is 0.357. The monoisotopic (exact) mass is 436 g/mol. The normalized spacial score (nSPS) is 10.9. The van der Waals surface area contributed by atoms with Crippen LogP contribution >= 0.6 is 23.2 Å². The van der Waals surface area contributed by atoms with Crippen LogP contribution in [0, 0.1) is 18.3 Å². The standard InChI is InChI=1S/C24H18Cl2N2O2/c1-16-5-7-17(8-6-16)15-30-21-4-2-3-18(12-21)11-19(14-27)24(29)28-23-13-20(25)9-10-22(23)26/h2-13H,15H2,1H3,(H,28,29)/b19-11+. The Kier molecular flexibility index (Phi) is 7.13. The molecule has 1 N–H and O–H groups in total. The van der Waals surface area contributed by atoms with Gasteiger partial charge in [-0.1, -0.05) is 65.2 Å². The van der Waals surface area contributed by atoms with Crippen LogP contribution in [0.25, 0.3) is 6.08 Å². The first kappa shape index (κ1) is 21.4. The maximum absolute atomic E-state index is 12.5. The molecule has 150 valence electrons. The molecule has 6 heteroatoms. The van der Waals surface area contributed by atoms with Crippen molar-refractivity contribution in [2.45, 2.75) is 13.5 Å². The lowest BCUT2D eigenvalue weighted by molar-refractivity contribution is -0.112. The molecule has 3 aromatic rings. The van der Waals surface area contributed by atoms with Crippen LogP contribution in [0.4, 0.5) is 5.69 Å². The summed E-state index contributed by atoms with van der Waals surface area (Å²) in [5, 5.41) is 12.8. The van der Waals surface area contributed by atoms with Crippen LogP contribution < -0.4 is 10.1 Å². The van der Waals surface area contributed by atoms with Crippen LogP contribution in [0.3, 0.4) is 0 Å². The maximum atomic E-state index is 12.5. The van der Waals surface area contributed by atoms with Crippen molar-refractivity contribution >= 4 is 40.9 Å². The molecule has 0 heterocycles. The van der Waals surface area contributed by atoms with E-state index >= 15 is 0 Å². The molecule has 30 heavy (non-hydrogen) atoms. The van der Waals surface area contributed by atoms with Crippen LogP contribution in [0.1, 0.15) is 16.7 Å². The van der Waals surface area contributed by atoms with E-state index in [1.54, 1.807) is 30.3 Å². The van der Waals surface area contributed by atoms with Crippen LogP contribution in [0.5, 0.6) is 5.75 Å². The van der Waals surface area contributed by atoms with Crippen molar-refractivity contribution in [3.63, 3.8) is 0 Å². The lowest BCUT2D eigenvalue weighted by Gasteiger charge is -2.08. The number of nitriles is 1. The van der Waals surface area contributed by atoms with Gasteiger partial charge in [-0.25, -0.2) is 0 Å². The number of hydrogen-bond acceptors (Lipinski definition) is 3. The van der Waals surface area contributed by atoms with E-state index in [-0.39, 0.29) is 5.57 Å². The summed E-state index contributed by atoms with van der Waals surface area (Å²) < 4.78 is 5.83. The number of nitrogens with one attached hydrogen (secondary N) is 1. The SMILES string of the molecule is Cc1ccc(COc2cccc(/C=C(\C#N)C(=O)Nc3cc(Cl)ccc3Cl)c2)cc1. The van der Waals surface area contributed by atoms with Crippen molar-refractivity contribution in [2.24, 2.45) is 0 Å². The molecule has 0 spiro atoms. The molecule has 0 aliphatic rings. The minimum Gasteiger partial charge on any atom is -0.489 e. The van der Waals surface area contributed by atoms with Crippen molar-refractivity contribution in [1.29, 1.82) is 5.26 Å². The number of rotatable bonds is 6. The molecule has 0 fully saturated rings. The number of aryl methyl sites for hydroxylation is 1. The summed E-state index contributed by atoms with van der Waals surface area (Å²) in [5.74, 6) is 0.0625. The van der Waals surface area contributed by atoms with Crippen molar-refractivity contribution in [3.05, 3.63) is 99.0 Å². The van der Waals surface area contributed by atoms with Crippen LogP contribution in [-0.2, 0) is 11.4 Å². The minimum absolute atomic E-state index is 0.0678. The molecule has 0 atom stereocenters. The molecule has 0 bridgehead atoms. The average Bonchev–Trinajstić information content (AvgIpc) is 2.74. The fourth-order valence-corrected chi connectivity index (χ4v) is 2.98. The van der Waals surface area contributed by atoms with Gasteiger partial charge in [0.15, 0.2) is 0 Å². The Morgan fingerprint density at radius 2 is 1.87 bits per heavy atom. The second-order valence-electron chi connectivity index (χ2n) is 6.59.